The Balaban J connectivity index is 2.09. The summed E-state index contributed by atoms with van der Waals surface area (Å²) < 4.78 is 4.86. The van der Waals surface area contributed by atoms with Gasteiger partial charge in [0.2, 0.25) is 0 Å². The molecule has 4 heteroatoms. The van der Waals surface area contributed by atoms with Crippen molar-refractivity contribution in [3.05, 3.63) is 96.1 Å². The Bertz CT molecular complexity index is 828. The standard InChI is InChI=1S/C23H24NO2P/c1-18-11-9-10-16-21(18)23(24-17-22(25)26-2)27(19-12-5-3-6-13-19)20-14-7-4-8-15-20/h3-16,23-24H,17H2,1-2H3/t23-/m1/s1. The second kappa shape index (κ2) is 9.45. The molecule has 0 aliphatic carbocycles. The lowest BCUT2D eigenvalue weighted by Crippen LogP contribution is -2.32. The maximum Gasteiger partial charge on any atom is 0.319 e. The van der Waals surface area contributed by atoms with Crippen LogP contribution in [0.1, 0.15) is 16.9 Å². The topological polar surface area (TPSA) is 38.3 Å². The van der Waals surface area contributed by atoms with Crippen molar-refractivity contribution in [2.45, 2.75) is 12.7 Å². The molecule has 3 aromatic carbocycles. The molecule has 1 N–H and O–H groups in total. The molecule has 1 atom stereocenters. The predicted octanol–water partition coefficient (Wildman–Crippen LogP) is 3.89. The van der Waals surface area contributed by atoms with Crippen molar-refractivity contribution in [3.8, 4) is 0 Å². The number of methoxy groups -OCH3 is 1. The fourth-order valence-electron chi connectivity index (χ4n) is 3.11. The third kappa shape index (κ3) is 4.82. The van der Waals surface area contributed by atoms with Gasteiger partial charge in [0, 0.05) is 0 Å². The molecule has 3 nitrogen and oxygen atoms in total. The molecule has 0 unspecified atom stereocenters. The molecule has 0 aliphatic heterocycles. The quantitative estimate of drug-likeness (QED) is 0.502. The third-order valence-electron chi connectivity index (χ3n) is 4.48. The minimum atomic E-state index is -0.761. The normalized spacial score (nSPS) is 12.0. The molecule has 0 aliphatic rings. The summed E-state index contributed by atoms with van der Waals surface area (Å²) in [5, 5.41) is 6.01. The zero-order valence-electron chi connectivity index (χ0n) is 15.6. The van der Waals surface area contributed by atoms with E-state index in [0.29, 0.717) is 0 Å². The summed E-state index contributed by atoms with van der Waals surface area (Å²) in [5.74, 6) is -0.255. The number of hydrogen-bond acceptors (Lipinski definition) is 3. The van der Waals surface area contributed by atoms with Crippen LogP contribution in [-0.4, -0.2) is 19.6 Å². The van der Waals surface area contributed by atoms with Gasteiger partial charge in [0.05, 0.1) is 19.4 Å². The lowest BCUT2D eigenvalue weighted by Gasteiger charge is -2.30. The number of esters is 1. The average molecular weight is 377 g/mol. The zero-order valence-corrected chi connectivity index (χ0v) is 16.5. The summed E-state index contributed by atoms with van der Waals surface area (Å²) in [4.78, 5) is 11.9. The van der Waals surface area contributed by atoms with Crippen molar-refractivity contribution in [1.82, 2.24) is 5.32 Å². The Kier molecular flexibility index (Phi) is 6.75. The Morgan fingerprint density at radius 3 is 1.93 bits per heavy atom. The molecular weight excluding hydrogens is 353 g/mol. The van der Waals surface area contributed by atoms with Crippen molar-refractivity contribution < 1.29 is 9.53 Å². The van der Waals surface area contributed by atoms with E-state index in [1.165, 1.54) is 28.8 Å². The van der Waals surface area contributed by atoms with Gasteiger partial charge in [-0.1, -0.05) is 84.9 Å². The van der Waals surface area contributed by atoms with Gasteiger partial charge < -0.3 is 4.74 Å². The summed E-state index contributed by atoms with van der Waals surface area (Å²) in [6, 6.07) is 29.4. The second-order valence-corrected chi connectivity index (χ2v) is 8.55. The number of ether oxygens (including phenoxy) is 1. The van der Waals surface area contributed by atoms with Crippen LogP contribution in [0, 0.1) is 6.92 Å². The molecule has 0 spiro atoms. The summed E-state index contributed by atoms with van der Waals surface area (Å²) in [6.07, 6.45) is 0. The van der Waals surface area contributed by atoms with Gasteiger partial charge in [-0.3, -0.25) is 10.1 Å². The van der Waals surface area contributed by atoms with Gasteiger partial charge in [-0.25, -0.2) is 0 Å². The highest BCUT2D eigenvalue weighted by Gasteiger charge is 2.27. The number of carbonyl (C=O) groups is 1. The number of hydrogen-bond donors (Lipinski definition) is 1. The van der Waals surface area contributed by atoms with Crippen molar-refractivity contribution in [3.63, 3.8) is 0 Å². The van der Waals surface area contributed by atoms with E-state index in [-0.39, 0.29) is 18.3 Å². The van der Waals surface area contributed by atoms with E-state index in [0.717, 1.165) is 0 Å². The molecule has 0 amide bonds. The monoisotopic (exact) mass is 377 g/mol. The Labute approximate surface area is 162 Å². The van der Waals surface area contributed by atoms with E-state index >= 15 is 0 Å². The highest BCUT2D eigenvalue weighted by molar-refractivity contribution is 7.73. The van der Waals surface area contributed by atoms with Gasteiger partial charge in [-0.05, 0) is 36.6 Å². The maximum absolute atomic E-state index is 11.9. The lowest BCUT2D eigenvalue weighted by atomic mass is 10.1. The smallest absolute Gasteiger partial charge is 0.319 e. The highest BCUT2D eigenvalue weighted by Crippen LogP contribution is 2.48. The van der Waals surface area contributed by atoms with Crippen LogP contribution in [0.3, 0.4) is 0 Å². The van der Waals surface area contributed by atoms with Crippen LogP contribution < -0.4 is 15.9 Å². The first-order valence-corrected chi connectivity index (χ1v) is 10.4. The molecule has 3 aromatic rings. The van der Waals surface area contributed by atoms with E-state index < -0.39 is 7.92 Å². The Morgan fingerprint density at radius 2 is 1.41 bits per heavy atom. The van der Waals surface area contributed by atoms with Crippen molar-refractivity contribution in [2.24, 2.45) is 0 Å². The van der Waals surface area contributed by atoms with Gasteiger partial charge >= 0.3 is 5.97 Å². The van der Waals surface area contributed by atoms with Crippen LogP contribution in [0.2, 0.25) is 0 Å². The first-order valence-electron chi connectivity index (χ1n) is 8.96. The van der Waals surface area contributed by atoms with E-state index in [1.807, 2.05) is 18.2 Å². The van der Waals surface area contributed by atoms with Crippen LogP contribution in [0.25, 0.3) is 0 Å². The van der Waals surface area contributed by atoms with Gasteiger partial charge in [-0.2, -0.15) is 0 Å². The minimum absolute atomic E-state index is 0.00472. The fourth-order valence-corrected chi connectivity index (χ4v) is 5.83. The van der Waals surface area contributed by atoms with Crippen LogP contribution in [0.5, 0.6) is 0 Å². The summed E-state index contributed by atoms with van der Waals surface area (Å²) in [6.45, 7) is 2.29. The highest BCUT2D eigenvalue weighted by atomic mass is 31.1. The summed E-state index contributed by atoms with van der Waals surface area (Å²) >= 11 is 0. The van der Waals surface area contributed by atoms with Gasteiger partial charge in [-0.15, -0.1) is 0 Å². The zero-order chi connectivity index (χ0) is 19.1. The predicted molar refractivity (Wildman–Crippen MR) is 113 cm³/mol. The molecule has 0 fully saturated rings. The van der Waals surface area contributed by atoms with E-state index in [4.69, 9.17) is 4.74 Å². The third-order valence-corrected chi connectivity index (χ3v) is 7.16. The van der Waals surface area contributed by atoms with Crippen LogP contribution in [0.15, 0.2) is 84.9 Å². The fraction of sp³-hybridized carbons (Fsp3) is 0.174. The number of carbonyl (C=O) groups excluding carboxylic acids is 1. The van der Waals surface area contributed by atoms with Gasteiger partial charge in [0.25, 0.3) is 0 Å². The first-order chi connectivity index (χ1) is 13.2. The molecule has 27 heavy (non-hydrogen) atoms. The number of benzene rings is 3. The lowest BCUT2D eigenvalue weighted by molar-refractivity contribution is -0.139. The molecule has 0 heterocycles. The van der Waals surface area contributed by atoms with E-state index in [2.05, 4.69) is 79.0 Å². The van der Waals surface area contributed by atoms with E-state index in [1.54, 1.807) is 0 Å². The second-order valence-electron chi connectivity index (χ2n) is 6.26. The van der Waals surface area contributed by atoms with Gasteiger partial charge in [0.15, 0.2) is 0 Å². The Hall–Kier alpha value is -2.48. The number of nitrogens with one attached hydrogen (secondary N) is 1. The maximum atomic E-state index is 11.9. The molecule has 0 bridgehead atoms. The number of rotatable bonds is 7. The van der Waals surface area contributed by atoms with Crippen molar-refractivity contribution in [1.29, 1.82) is 0 Å². The summed E-state index contributed by atoms with van der Waals surface area (Å²) in [7, 11) is 0.659. The van der Waals surface area contributed by atoms with E-state index in [9.17, 15) is 4.79 Å². The molecule has 0 aromatic heterocycles. The van der Waals surface area contributed by atoms with Crippen molar-refractivity contribution in [2.75, 3.05) is 13.7 Å². The largest absolute Gasteiger partial charge is 0.468 e. The molecule has 0 saturated carbocycles. The SMILES string of the molecule is COC(=O)CN[C@@H](c1ccccc1C)P(c1ccccc1)c1ccccc1. The Morgan fingerprint density at radius 1 is 0.889 bits per heavy atom. The van der Waals surface area contributed by atoms with Crippen LogP contribution >= 0.6 is 7.92 Å². The molecule has 3 rings (SSSR count). The summed E-state index contributed by atoms with van der Waals surface area (Å²) in [5.41, 5.74) is 2.42. The molecule has 138 valence electrons. The van der Waals surface area contributed by atoms with Crippen LogP contribution in [-0.2, 0) is 9.53 Å². The average Bonchev–Trinajstić information content (AvgIpc) is 2.72. The molecule has 0 saturated heterocycles. The first kappa shape index (κ1) is 19.3. The molecule has 0 radical (unpaired) electrons. The van der Waals surface area contributed by atoms with Crippen molar-refractivity contribution >= 4 is 24.5 Å². The minimum Gasteiger partial charge on any atom is -0.468 e. The molecular formula is C23H24NO2P. The van der Waals surface area contributed by atoms with Gasteiger partial charge in [0.1, 0.15) is 0 Å². The van der Waals surface area contributed by atoms with Crippen LogP contribution in [0.4, 0.5) is 0 Å². The number of aryl methyl sites for hydroxylation is 1.